The quantitative estimate of drug-likeness (QED) is 0.245. The minimum Gasteiger partial charge on any atom is -0.497 e. The van der Waals surface area contributed by atoms with Gasteiger partial charge in [-0.2, -0.15) is 0 Å². The van der Waals surface area contributed by atoms with Crippen LogP contribution in [0.4, 0.5) is 0 Å². The van der Waals surface area contributed by atoms with E-state index in [1.54, 1.807) is 25.5 Å². The number of benzene rings is 1. The third-order valence-electron chi connectivity index (χ3n) is 3.51. The number of nitrogens with one attached hydrogen (secondary N) is 2. The van der Waals surface area contributed by atoms with E-state index in [4.69, 9.17) is 9.47 Å². The Bertz CT molecular complexity index is 679. The molecule has 0 unspecified atom stereocenters. The summed E-state index contributed by atoms with van der Waals surface area (Å²) < 4.78 is 10.9. The van der Waals surface area contributed by atoms with Gasteiger partial charge in [0.05, 0.1) is 18.7 Å². The Morgan fingerprint density at radius 1 is 1.23 bits per heavy atom. The number of aryl methyl sites for hydroxylation is 1. The smallest absolute Gasteiger partial charge is 0.191 e. The van der Waals surface area contributed by atoms with E-state index in [0.29, 0.717) is 13.2 Å². The predicted octanol–water partition coefficient (Wildman–Crippen LogP) is 3.12. The van der Waals surface area contributed by atoms with Crippen molar-refractivity contribution in [3.63, 3.8) is 0 Å². The zero-order valence-electron chi connectivity index (χ0n) is 15.4. The summed E-state index contributed by atoms with van der Waals surface area (Å²) in [5, 5.41) is 7.68. The lowest BCUT2D eigenvalue weighted by atomic mass is 10.3. The molecule has 1 heterocycles. The topological polar surface area (TPSA) is 67.8 Å². The van der Waals surface area contributed by atoms with Gasteiger partial charge in [-0.25, -0.2) is 4.98 Å². The van der Waals surface area contributed by atoms with Crippen LogP contribution in [0.15, 0.2) is 35.5 Å². The molecule has 26 heavy (non-hydrogen) atoms. The van der Waals surface area contributed by atoms with Crippen molar-refractivity contribution in [2.24, 2.45) is 4.99 Å². The Morgan fingerprint density at radius 2 is 2.00 bits per heavy atom. The fourth-order valence-corrected chi connectivity index (χ4v) is 3.03. The lowest BCUT2D eigenvalue weighted by Gasteiger charge is -2.12. The summed E-state index contributed by atoms with van der Waals surface area (Å²) in [7, 11) is 3.40. The average molecular weight is 490 g/mol. The van der Waals surface area contributed by atoms with Crippen LogP contribution in [0, 0.1) is 0 Å². The Labute approximate surface area is 176 Å². The first-order valence-corrected chi connectivity index (χ1v) is 9.21. The summed E-state index contributed by atoms with van der Waals surface area (Å²) in [6.07, 6.45) is 3.90. The maximum Gasteiger partial charge on any atom is 0.191 e. The van der Waals surface area contributed by atoms with Gasteiger partial charge >= 0.3 is 0 Å². The van der Waals surface area contributed by atoms with Crippen molar-refractivity contribution >= 4 is 41.3 Å². The van der Waals surface area contributed by atoms with E-state index in [9.17, 15) is 0 Å². The molecule has 0 radical (unpaired) electrons. The summed E-state index contributed by atoms with van der Waals surface area (Å²) in [6, 6.07) is 7.58. The number of nitrogens with zero attached hydrogens (tertiary/aromatic N) is 2. The first-order valence-electron chi connectivity index (χ1n) is 8.40. The van der Waals surface area contributed by atoms with Crippen molar-refractivity contribution in [1.82, 2.24) is 15.6 Å². The van der Waals surface area contributed by atoms with E-state index in [2.05, 4.69) is 27.5 Å². The van der Waals surface area contributed by atoms with E-state index in [-0.39, 0.29) is 24.0 Å². The lowest BCUT2D eigenvalue weighted by Crippen LogP contribution is -2.40. The second-order valence-corrected chi connectivity index (χ2v) is 6.48. The van der Waals surface area contributed by atoms with Gasteiger partial charge in [0.2, 0.25) is 0 Å². The fourth-order valence-electron chi connectivity index (χ4n) is 2.16. The number of hydrogen-bond donors (Lipinski definition) is 2. The molecule has 1 aromatic heterocycles. The SMILES string of the molecule is CCc1cnc(CCNC(=NC)NCCOc2cccc(OC)c2)s1.I. The van der Waals surface area contributed by atoms with E-state index in [0.717, 1.165) is 41.9 Å². The first-order chi connectivity index (χ1) is 12.2. The molecule has 2 rings (SSSR count). The Balaban J connectivity index is 0.00000338. The fraction of sp³-hybridized carbons (Fsp3) is 0.444. The predicted molar refractivity (Wildman–Crippen MR) is 118 cm³/mol. The number of ether oxygens (including phenoxy) is 2. The number of halogens is 1. The second kappa shape index (κ2) is 12.7. The Kier molecular flexibility index (Phi) is 11.0. The molecule has 1 aromatic carbocycles. The summed E-state index contributed by atoms with van der Waals surface area (Å²) in [5.74, 6) is 2.34. The molecule has 0 saturated heterocycles. The second-order valence-electron chi connectivity index (χ2n) is 5.28. The zero-order chi connectivity index (χ0) is 17.9. The highest BCUT2D eigenvalue weighted by Crippen LogP contribution is 2.18. The van der Waals surface area contributed by atoms with Crippen molar-refractivity contribution in [2.75, 3.05) is 33.9 Å². The molecule has 0 aliphatic carbocycles. The number of guanidine groups is 1. The van der Waals surface area contributed by atoms with Gasteiger partial charge in [0.1, 0.15) is 18.1 Å². The van der Waals surface area contributed by atoms with Crippen LogP contribution in [-0.2, 0) is 12.8 Å². The summed E-state index contributed by atoms with van der Waals surface area (Å²) in [6.45, 7) is 4.15. The van der Waals surface area contributed by atoms with Crippen molar-refractivity contribution in [3.8, 4) is 11.5 Å². The normalized spacial score (nSPS) is 10.8. The molecule has 0 aliphatic heterocycles. The highest BCUT2D eigenvalue weighted by atomic mass is 127. The Hall–Kier alpha value is -1.55. The van der Waals surface area contributed by atoms with E-state index in [1.807, 2.05) is 30.5 Å². The molecule has 6 nitrogen and oxygen atoms in total. The van der Waals surface area contributed by atoms with Crippen LogP contribution in [0.5, 0.6) is 11.5 Å². The first kappa shape index (κ1) is 22.5. The number of thiazole rings is 1. The molecular weight excluding hydrogens is 463 g/mol. The van der Waals surface area contributed by atoms with Crippen LogP contribution < -0.4 is 20.1 Å². The molecule has 2 aromatic rings. The summed E-state index contributed by atoms with van der Waals surface area (Å²) >= 11 is 1.77. The van der Waals surface area contributed by atoms with Crippen molar-refractivity contribution in [3.05, 3.63) is 40.3 Å². The molecule has 0 amide bonds. The molecular formula is C18H27IN4O2S. The van der Waals surface area contributed by atoms with Gasteiger partial charge in [-0.3, -0.25) is 4.99 Å². The molecule has 0 fully saturated rings. The highest BCUT2D eigenvalue weighted by Gasteiger charge is 2.02. The van der Waals surface area contributed by atoms with Crippen molar-refractivity contribution < 1.29 is 9.47 Å². The standard InChI is InChI=1S/C18H26N4O2S.HI/c1-4-16-13-22-17(25-16)8-9-20-18(19-2)21-10-11-24-15-7-5-6-14(12-15)23-3;/h5-7,12-13H,4,8-11H2,1-3H3,(H2,19,20,21);1H. The van der Waals surface area contributed by atoms with Gasteiger partial charge in [-0.15, -0.1) is 35.3 Å². The average Bonchev–Trinajstić information content (AvgIpc) is 3.11. The molecule has 144 valence electrons. The number of hydrogen-bond acceptors (Lipinski definition) is 5. The van der Waals surface area contributed by atoms with Gasteiger partial charge in [0, 0.05) is 37.2 Å². The van der Waals surface area contributed by atoms with Crippen LogP contribution in [0.25, 0.3) is 0 Å². The third kappa shape index (κ3) is 7.77. The number of rotatable bonds is 9. The largest absolute Gasteiger partial charge is 0.497 e. The van der Waals surface area contributed by atoms with Crippen LogP contribution in [0.2, 0.25) is 0 Å². The maximum absolute atomic E-state index is 5.70. The number of methoxy groups -OCH3 is 1. The minimum atomic E-state index is 0. The maximum atomic E-state index is 5.70. The summed E-state index contributed by atoms with van der Waals surface area (Å²) in [5.41, 5.74) is 0. The Morgan fingerprint density at radius 3 is 2.69 bits per heavy atom. The summed E-state index contributed by atoms with van der Waals surface area (Å²) in [4.78, 5) is 9.96. The molecule has 0 atom stereocenters. The highest BCUT2D eigenvalue weighted by molar-refractivity contribution is 14.0. The third-order valence-corrected chi connectivity index (χ3v) is 4.71. The minimum absolute atomic E-state index is 0. The molecule has 0 aliphatic rings. The van der Waals surface area contributed by atoms with Crippen LogP contribution in [0.3, 0.4) is 0 Å². The van der Waals surface area contributed by atoms with Crippen LogP contribution in [0.1, 0.15) is 16.8 Å². The van der Waals surface area contributed by atoms with Crippen LogP contribution in [-0.4, -0.2) is 44.8 Å². The van der Waals surface area contributed by atoms with E-state index >= 15 is 0 Å². The van der Waals surface area contributed by atoms with E-state index < -0.39 is 0 Å². The van der Waals surface area contributed by atoms with Crippen LogP contribution >= 0.6 is 35.3 Å². The van der Waals surface area contributed by atoms with Crippen molar-refractivity contribution in [2.45, 2.75) is 19.8 Å². The molecule has 0 spiro atoms. The van der Waals surface area contributed by atoms with Gasteiger partial charge in [0.15, 0.2) is 5.96 Å². The number of aliphatic imine (C=N–C) groups is 1. The molecule has 2 N–H and O–H groups in total. The van der Waals surface area contributed by atoms with Gasteiger partial charge in [-0.05, 0) is 18.6 Å². The molecule has 0 saturated carbocycles. The lowest BCUT2D eigenvalue weighted by molar-refractivity contribution is 0.319. The monoisotopic (exact) mass is 490 g/mol. The number of aromatic nitrogens is 1. The van der Waals surface area contributed by atoms with E-state index in [1.165, 1.54) is 4.88 Å². The van der Waals surface area contributed by atoms with Crippen molar-refractivity contribution in [1.29, 1.82) is 0 Å². The van der Waals surface area contributed by atoms with Gasteiger partial charge in [0.25, 0.3) is 0 Å². The molecule has 8 heteroatoms. The van der Waals surface area contributed by atoms with Gasteiger partial charge < -0.3 is 20.1 Å². The zero-order valence-corrected chi connectivity index (χ0v) is 18.6. The van der Waals surface area contributed by atoms with Gasteiger partial charge in [-0.1, -0.05) is 13.0 Å². The molecule has 0 bridgehead atoms.